The Labute approximate surface area is 203 Å². The third kappa shape index (κ3) is 5.26. The van der Waals surface area contributed by atoms with Crippen LogP contribution >= 0.6 is 23.1 Å². The number of piperidine rings is 1. The van der Waals surface area contributed by atoms with E-state index in [4.69, 9.17) is 0 Å². The molecule has 0 radical (unpaired) electrons. The van der Waals surface area contributed by atoms with Crippen molar-refractivity contribution in [2.24, 2.45) is 10.9 Å². The van der Waals surface area contributed by atoms with Crippen LogP contribution in [0.25, 0.3) is 10.2 Å². The Bertz CT molecular complexity index is 1320. The van der Waals surface area contributed by atoms with Gasteiger partial charge in [-0.25, -0.2) is 8.42 Å². The molecule has 2 aromatic carbocycles. The molecule has 1 saturated heterocycles. The minimum absolute atomic E-state index is 0.149. The number of carbonyl (C=O) groups is 1. The van der Waals surface area contributed by atoms with Crippen molar-refractivity contribution in [2.75, 3.05) is 25.1 Å². The molecule has 1 amide bonds. The van der Waals surface area contributed by atoms with E-state index in [1.165, 1.54) is 9.87 Å². The molecule has 0 aliphatic carbocycles. The summed E-state index contributed by atoms with van der Waals surface area (Å²) in [4.78, 5) is 18.6. The molecule has 0 atom stereocenters. The summed E-state index contributed by atoms with van der Waals surface area (Å²) in [5.74, 6) is 0.537. The van der Waals surface area contributed by atoms with Crippen LogP contribution in [-0.4, -0.2) is 48.3 Å². The van der Waals surface area contributed by atoms with Crippen molar-refractivity contribution in [1.82, 2.24) is 8.87 Å². The highest BCUT2D eigenvalue weighted by molar-refractivity contribution is 7.98. The first-order valence-corrected chi connectivity index (χ1v) is 14.7. The van der Waals surface area contributed by atoms with Gasteiger partial charge in [-0.05, 0) is 62.8 Å². The fourth-order valence-corrected chi connectivity index (χ4v) is 7.05. The number of amides is 1. The van der Waals surface area contributed by atoms with Gasteiger partial charge in [0.2, 0.25) is 10.0 Å². The maximum absolute atomic E-state index is 13.1. The number of aryl methyl sites for hydroxylation is 3. The summed E-state index contributed by atoms with van der Waals surface area (Å²) in [6.07, 6.45) is 3.05. The highest BCUT2D eigenvalue weighted by Gasteiger charge is 2.32. The number of sulfonamides is 1. The van der Waals surface area contributed by atoms with Gasteiger partial charge in [0.15, 0.2) is 4.80 Å². The van der Waals surface area contributed by atoms with E-state index in [0.717, 1.165) is 32.9 Å². The van der Waals surface area contributed by atoms with Gasteiger partial charge in [-0.3, -0.25) is 4.79 Å². The normalized spacial score (nSPS) is 16.5. The summed E-state index contributed by atoms with van der Waals surface area (Å²) in [6, 6.07) is 13.2. The lowest BCUT2D eigenvalue weighted by atomic mass is 9.98. The lowest BCUT2D eigenvalue weighted by Gasteiger charge is -2.29. The monoisotopic (exact) mass is 503 g/mol. The lowest BCUT2D eigenvalue weighted by Crippen LogP contribution is -2.40. The molecule has 1 aliphatic heterocycles. The fourth-order valence-electron chi connectivity index (χ4n) is 4.05. The van der Waals surface area contributed by atoms with E-state index in [2.05, 4.69) is 40.9 Å². The van der Waals surface area contributed by atoms with Gasteiger partial charge in [-0.2, -0.15) is 21.1 Å². The summed E-state index contributed by atoms with van der Waals surface area (Å²) in [7, 11) is -3.54. The number of fused-ring (bicyclic) bond motifs is 1. The van der Waals surface area contributed by atoms with Crippen LogP contribution in [0.2, 0.25) is 0 Å². The van der Waals surface area contributed by atoms with Crippen molar-refractivity contribution in [3.05, 3.63) is 58.4 Å². The second-order valence-corrected chi connectivity index (χ2v) is 12.4. The molecular weight excluding hydrogens is 474 g/mol. The highest BCUT2D eigenvalue weighted by Crippen LogP contribution is 2.25. The predicted molar refractivity (Wildman–Crippen MR) is 136 cm³/mol. The number of thiazole rings is 1. The molecule has 33 heavy (non-hydrogen) atoms. The third-order valence-electron chi connectivity index (χ3n) is 6.03. The van der Waals surface area contributed by atoms with Gasteiger partial charge in [-0.15, -0.1) is 0 Å². The van der Waals surface area contributed by atoms with Gasteiger partial charge >= 0.3 is 0 Å². The van der Waals surface area contributed by atoms with Crippen LogP contribution in [0.4, 0.5) is 0 Å². The van der Waals surface area contributed by atoms with Gasteiger partial charge in [0.1, 0.15) is 0 Å². The first-order chi connectivity index (χ1) is 15.8. The van der Waals surface area contributed by atoms with Gasteiger partial charge in [-0.1, -0.05) is 35.1 Å². The number of nitrogens with zero attached hydrogens (tertiary/aromatic N) is 3. The first-order valence-electron chi connectivity index (χ1n) is 11.0. The minimum Gasteiger partial charge on any atom is -0.316 e. The van der Waals surface area contributed by atoms with E-state index < -0.39 is 10.0 Å². The van der Waals surface area contributed by atoms with Crippen LogP contribution in [0.15, 0.2) is 52.4 Å². The number of benzene rings is 2. The first kappa shape index (κ1) is 24.2. The Kier molecular flexibility index (Phi) is 7.43. The smallest absolute Gasteiger partial charge is 0.251 e. The molecule has 0 N–H and O–H groups in total. The third-order valence-corrected chi connectivity index (χ3v) is 9.57. The lowest BCUT2D eigenvalue weighted by molar-refractivity contribution is -0.122. The van der Waals surface area contributed by atoms with Crippen LogP contribution in [0.3, 0.4) is 0 Å². The summed E-state index contributed by atoms with van der Waals surface area (Å²) < 4.78 is 30.6. The zero-order valence-electron chi connectivity index (χ0n) is 19.2. The van der Waals surface area contributed by atoms with Gasteiger partial charge in [0.05, 0.1) is 15.1 Å². The Balaban J connectivity index is 1.52. The van der Waals surface area contributed by atoms with Gasteiger partial charge in [0, 0.05) is 31.3 Å². The van der Waals surface area contributed by atoms with Crippen molar-refractivity contribution in [1.29, 1.82) is 0 Å². The van der Waals surface area contributed by atoms with Crippen molar-refractivity contribution in [3.8, 4) is 0 Å². The average molecular weight is 504 g/mol. The maximum Gasteiger partial charge on any atom is 0.251 e. The summed E-state index contributed by atoms with van der Waals surface area (Å²) >= 11 is 3.31. The molecule has 176 valence electrons. The molecule has 2 heterocycles. The summed E-state index contributed by atoms with van der Waals surface area (Å²) in [6.45, 7) is 5.45. The second kappa shape index (κ2) is 10.1. The van der Waals surface area contributed by atoms with Crippen LogP contribution in [0.1, 0.15) is 24.0 Å². The Morgan fingerprint density at radius 3 is 2.42 bits per heavy atom. The number of thioether (sulfide) groups is 1. The van der Waals surface area contributed by atoms with Crippen LogP contribution in [-0.2, 0) is 21.4 Å². The van der Waals surface area contributed by atoms with E-state index in [1.807, 2.05) is 6.92 Å². The average Bonchev–Trinajstić information content (AvgIpc) is 3.13. The van der Waals surface area contributed by atoms with Crippen LogP contribution in [0, 0.1) is 19.8 Å². The molecule has 9 heteroatoms. The number of hydrogen-bond donors (Lipinski definition) is 0. The molecule has 3 aromatic rings. The zero-order chi connectivity index (χ0) is 23.6. The zero-order valence-corrected chi connectivity index (χ0v) is 21.6. The Hall–Kier alpha value is -1.94. The molecule has 6 nitrogen and oxygen atoms in total. The van der Waals surface area contributed by atoms with Crippen LogP contribution in [0.5, 0.6) is 0 Å². The largest absolute Gasteiger partial charge is 0.316 e. The van der Waals surface area contributed by atoms with Crippen molar-refractivity contribution < 1.29 is 13.2 Å². The molecule has 4 rings (SSSR count). The predicted octanol–water partition coefficient (Wildman–Crippen LogP) is 4.21. The second-order valence-electron chi connectivity index (χ2n) is 8.44. The van der Waals surface area contributed by atoms with Crippen molar-refractivity contribution in [2.45, 2.75) is 38.1 Å². The molecule has 0 unspecified atom stereocenters. The summed E-state index contributed by atoms with van der Waals surface area (Å²) in [5, 5.41) is 0. The van der Waals surface area contributed by atoms with E-state index in [0.29, 0.717) is 30.8 Å². The Morgan fingerprint density at radius 1 is 1.09 bits per heavy atom. The topological polar surface area (TPSA) is 71.7 Å². The summed E-state index contributed by atoms with van der Waals surface area (Å²) in [5.41, 5.74) is 3.30. The molecule has 0 spiro atoms. The van der Waals surface area contributed by atoms with Gasteiger partial charge < -0.3 is 4.57 Å². The van der Waals surface area contributed by atoms with Crippen molar-refractivity contribution >= 4 is 49.2 Å². The maximum atomic E-state index is 13.1. The minimum atomic E-state index is -3.54. The molecule has 0 bridgehead atoms. The number of rotatable bonds is 6. The molecule has 1 aliphatic rings. The highest BCUT2D eigenvalue weighted by atomic mass is 32.2. The Morgan fingerprint density at radius 2 is 1.76 bits per heavy atom. The standard InChI is InChI=1S/C24H29N3O3S3/c1-17-4-7-20(8-5-17)33(29,30)26-12-10-19(11-13-26)23(28)25-24-27(14-15-31-3)21-9-6-18(2)16-22(21)32-24/h4-9,16,19H,10-15H2,1-3H3. The molecule has 1 aromatic heterocycles. The quantitative estimate of drug-likeness (QED) is 0.505. The fraction of sp³-hybridized carbons (Fsp3) is 0.417. The SMILES string of the molecule is CSCCn1c(=NC(=O)C2CCN(S(=O)(=O)c3ccc(C)cc3)CC2)sc2cc(C)ccc21. The van der Waals surface area contributed by atoms with E-state index in [9.17, 15) is 13.2 Å². The molecule has 0 saturated carbocycles. The van der Waals surface area contributed by atoms with Crippen molar-refractivity contribution in [3.63, 3.8) is 0 Å². The number of hydrogen-bond acceptors (Lipinski definition) is 5. The number of carbonyl (C=O) groups excluding carboxylic acids is 1. The van der Waals surface area contributed by atoms with E-state index in [-0.39, 0.29) is 11.8 Å². The molecule has 1 fully saturated rings. The van der Waals surface area contributed by atoms with Crippen LogP contribution < -0.4 is 4.80 Å². The van der Waals surface area contributed by atoms with E-state index >= 15 is 0 Å². The molecular formula is C24H29N3O3S3. The van der Waals surface area contributed by atoms with Gasteiger partial charge in [0.25, 0.3) is 5.91 Å². The van der Waals surface area contributed by atoms with E-state index in [1.54, 1.807) is 47.4 Å². The number of aromatic nitrogens is 1.